The molecule has 4 rings (SSSR count). The number of piperazine rings is 1. The molecule has 2 heterocycles. The molecule has 0 amide bonds. The average Bonchev–Trinajstić information content (AvgIpc) is 3.19. The molecular weight excluding hydrogens is 377 g/mol. The highest BCUT2D eigenvalue weighted by molar-refractivity contribution is 5.55. The van der Waals surface area contributed by atoms with E-state index in [1.54, 1.807) is 31.2 Å². The summed E-state index contributed by atoms with van der Waals surface area (Å²) in [4.78, 5) is 19.2. The zero-order chi connectivity index (χ0) is 20.4. The third-order valence-electron chi connectivity index (χ3n) is 5.05. The molecule has 0 unspecified atom stereocenters. The molecule has 0 atom stereocenters. The van der Waals surface area contributed by atoms with Crippen LogP contribution >= 0.6 is 0 Å². The molecule has 0 radical (unpaired) electrons. The molecular formula is C20H20FN5O3. The van der Waals surface area contributed by atoms with E-state index in [1.165, 1.54) is 18.2 Å². The lowest BCUT2D eigenvalue weighted by Crippen LogP contribution is -2.46. The zero-order valence-electron chi connectivity index (χ0n) is 15.9. The number of aromatic nitrogens is 2. The van der Waals surface area contributed by atoms with Gasteiger partial charge < -0.3 is 9.42 Å². The molecule has 0 N–H and O–H groups in total. The summed E-state index contributed by atoms with van der Waals surface area (Å²) in [5.41, 5.74) is 2.22. The van der Waals surface area contributed by atoms with Gasteiger partial charge in [0.05, 0.1) is 11.5 Å². The van der Waals surface area contributed by atoms with Crippen LogP contribution in [0, 0.1) is 22.9 Å². The van der Waals surface area contributed by atoms with E-state index >= 15 is 0 Å². The Morgan fingerprint density at radius 3 is 2.52 bits per heavy atom. The zero-order valence-corrected chi connectivity index (χ0v) is 15.9. The summed E-state index contributed by atoms with van der Waals surface area (Å²) in [5, 5.41) is 14.7. The van der Waals surface area contributed by atoms with Gasteiger partial charge in [-0.15, -0.1) is 0 Å². The molecule has 1 fully saturated rings. The quantitative estimate of drug-likeness (QED) is 0.481. The van der Waals surface area contributed by atoms with E-state index in [2.05, 4.69) is 19.9 Å². The standard InChI is InChI=1S/C20H20FN5O3/c1-14-2-3-15(12-18(14)21)20-22-19(29-23-20)13-24-8-10-25(11-9-24)16-4-6-17(7-5-16)26(27)28/h2-7,12H,8-11,13H2,1H3. The van der Waals surface area contributed by atoms with Crippen LogP contribution in [0.4, 0.5) is 15.8 Å². The Hall–Kier alpha value is -3.33. The minimum absolute atomic E-state index is 0.0908. The number of halogens is 1. The predicted molar refractivity (Wildman–Crippen MR) is 105 cm³/mol. The Morgan fingerprint density at radius 2 is 1.86 bits per heavy atom. The van der Waals surface area contributed by atoms with E-state index in [1.807, 2.05) is 0 Å². The molecule has 2 aromatic carbocycles. The van der Waals surface area contributed by atoms with E-state index in [9.17, 15) is 14.5 Å². The lowest BCUT2D eigenvalue weighted by Gasteiger charge is -2.35. The topological polar surface area (TPSA) is 88.5 Å². The van der Waals surface area contributed by atoms with Gasteiger partial charge in [0.15, 0.2) is 0 Å². The van der Waals surface area contributed by atoms with Gasteiger partial charge in [0.25, 0.3) is 5.69 Å². The second-order valence-electron chi connectivity index (χ2n) is 7.01. The van der Waals surface area contributed by atoms with Gasteiger partial charge in [-0.2, -0.15) is 4.98 Å². The molecule has 3 aromatic rings. The van der Waals surface area contributed by atoms with E-state index in [-0.39, 0.29) is 11.5 Å². The maximum Gasteiger partial charge on any atom is 0.269 e. The summed E-state index contributed by atoms with van der Waals surface area (Å²) in [7, 11) is 0. The van der Waals surface area contributed by atoms with Crippen molar-refractivity contribution in [1.82, 2.24) is 15.0 Å². The smallest absolute Gasteiger partial charge is 0.269 e. The first kappa shape index (κ1) is 19.0. The van der Waals surface area contributed by atoms with Crippen LogP contribution in [0.3, 0.4) is 0 Å². The van der Waals surface area contributed by atoms with Crippen LogP contribution in [-0.4, -0.2) is 46.1 Å². The minimum Gasteiger partial charge on any atom is -0.369 e. The molecule has 0 aliphatic carbocycles. The van der Waals surface area contributed by atoms with Crippen molar-refractivity contribution in [2.45, 2.75) is 13.5 Å². The van der Waals surface area contributed by atoms with E-state index in [4.69, 9.17) is 4.52 Å². The fraction of sp³-hybridized carbons (Fsp3) is 0.300. The number of hydrogen-bond donors (Lipinski definition) is 0. The predicted octanol–water partition coefficient (Wildman–Crippen LogP) is 3.41. The van der Waals surface area contributed by atoms with E-state index in [0.29, 0.717) is 29.4 Å². The summed E-state index contributed by atoms with van der Waals surface area (Å²) in [6.07, 6.45) is 0. The van der Waals surface area contributed by atoms with Gasteiger partial charge in [-0.3, -0.25) is 15.0 Å². The summed E-state index contributed by atoms with van der Waals surface area (Å²) < 4.78 is 19.1. The Balaban J connectivity index is 1.34. The van der Waals surface area contributed by atoms with Crippen LogP contribution in [0.2, 0.25) is 0 Å². The summed E-state index contributed by atoms with van der Waals surface area (Å²) >= 11 is 0. The van der Waals surface area contributed by atoms with Crippen molar-refractivity contribution in [1.29, 1.82) is 0 Å². The minimum atomic E-state index is -0.397. The van der Waals surface area contributed by atoms with Gasteiger partial charge in [-0.05, 0) is 30.7 Å². The monoisotopic (exact) mass is 397 g/mol. The van der Waals surface area contributed by atoms with Crippen LogP contribution in [0.25, 0.3) is 11.4 Å². The Morgan fingerprint density at radius 1 is 1.14 bits per heavy atom. The first-order valence-corrected chi connectivity index (χ1v) is 9.30. The Kier molecular flexibility index (Phi) is 5.22. The second-order valence-corrected chi connectivity index (χ2v) is 7.01. The van der Waals surface area contributed by atoms with Gasteiger partial charge in [0.2, 0.25) is 11.7 Å². The number of nitro groups is 1. The van der Waals surface area contributed by atoms with Gasteiger partial charge in [-0.1, -0.05) is 17.3 Å². The van der Waals surface area contributed by atoms with Gasteiger partial charge in [0.1, 0.15) is 5.82 Å². The van der Waals surface area contributed by atoms with E-state index in [0.717, 1.165) is 31.9 Å². The average molecular weight is 397 g/mol. The van der Waals surface area contributed by atoms with Crippen molar-refractivity contribution >= 4 is 11.4 Å². The maximum atomic E-state index is 13.8. The summed E-state index contributed by atoms with van der Waals surface area (Å²) in [5.74, 6) is 0.574. The normalized spacial score (nSPS) is 14.9. The number of nitro benzene ring substituents is 1. The highest BCUT2D eigenvalue weighted by Gasteiger charge is 2.20. The third-order valence-corrected chi connectivity index (χ3v) is 5.05. The SMILES string of the molecule is Cc1ccc(-c2noc(CN3CCN(c4ccc([N+](=O)[O-])cc4)CC3)n2)cc1F. The second kappa shape index (κ2) is 7.96. The van der Waals surface area contributed by atoms with Gasteiger partial charge in [0, 0.05) is 49.6 Å². The molecule has 1 saturated heterocycles. The van der Waals surface area contributed by atoms with Crippen LogP contribution < -0.4 is 4.90 Å². The number of rotatable bonds is 5. The van der Waals surface area contributed by atoms with E-state index < -0.39 is 4.92 Å². The van der Waals surface area contributed by atoms with Crippen LogP contribution in [-0.2, 0) is 6.54 Å². The van der Waals surface area contributed by atoms with Crippen molar-refractivity contribution in [3.63, 3.8) is 0 Å². The largest absolute Gasteiger partial charge is 0.369 e. The van der Waals surface area contributed by atoms with Crippen LogP contribution in [0.1, 0.15) is 11.5 Å². The Bertz CT molecular complexity index is 1010. The maximum absolute atomic E-state index is 13.8. The molecule has 29 heavy (non-hydrogen) atoms. The lowest BCUT2D eigenvalue weighted by atomic mass is 10.1. The van der Waals surface area contributed by atoms with Crippen molar-refractivity contribution in [3.8, 4) is 11.4 Å². The number of nitrogens with zero attached hydrogens (tertiary/aromatic N) is 5. The number of anilines is 1. The van der Waals surface area contributed by atoms with Crippen molar-refractivity contribution < 1.29 is 13.8 Å². The van der Waals surface area contributed by atoms with Crippen molar-refractivity contribution in [3.05, 3.63) is 69.9 Å². The molecule has 1 aromatic heterocycles. The van der Waals surface area contributed by atoms with Crippen LogP contribution in [0.5, 0.6) is 0 Å². The molecule has 9 heteroatoms. The molecule has 1 aliphatic heterocycles. The molecule has 0 bridgehead atoms. The summed E-state index contributed by atoms with van der Waals surface area (Å²) in [6, 6.07) is 11.5. The third kappa shape index (κ3) is 4.24. The lowest BCUT2D eigenvalue weighted by molar-refractivity contribution is -0.384. The number of aryl methyl sites for hydroxylation is 1. The number of non-ortho nitro benzene ring substituents is 1. The molecule has 0 saturated carbocycles. The Labute approximate surface area is 166 Å². The molecule has 1 aliphatic rings. The number of hydrogen-bond acceptors (Lipinski definition) is 7. The fourth-order valence-electron chi connectivity index (χ4n) is 3.31. The molecule has 8 nitrogen and oxygen atoms in total. The molecule has 0 spiro atoms. The molecule has 150 valence electrons. The highest BCUT2D eigenvalue weighted by Crippen LogP contribution is 2.22. The first-order valence-electron chi connectivity index (χ1n) is 9.30. The fourth-order valence-corrected chi connectivity index (χ4v) is 3.31. The van der Waals surface area contributed by atoms with Gasteiger partial charge >= 0.3 is 0 Å². The first-order chi connectivity index (χ1) is 14.0. The van der Waals surface area contributed by atoms with Crippen LogP contribution in [0.15, 0.2) is 47.0 Å². The van der Waals surface area contributed by atoms with Crippen molar-refractivity contribution in [2.24, 2.45) is 0 Å². The number of benzene rings is 2. The van der Waals surface area contributed by atoms with Crippen molar-refractivity contribution in [2.75, 3.05) is 31.1 Å². The summed E-state index contributed by atoms with van der Waals surface area (Å²) in [6.45, 7) is 5.41. The highest BCUT2D eigenvalue weighted by atomic mass is 19.1. The van der Waals surface area contributed by atoms with Gasteiger partial charge in [-0.25, -0.2) is 4.39 Å².